The highest BCUT2D eigenvalue weighted by molar-refractivity contribution is 6.00. The molecular weight excluding hydrogens is 272 g/mol. The molecule has 0 aliphatic carbocycles. The van der Waals surface area contributed by atoms with Gasteiger partial charge in [-0.05, 0) is 25.0 Å². The zero-order valence-electron chi connectivity index (χ0n) is 11.5. The van der Waals surface area contributed by atoms with Crippen LogP contribution in [0, 0.1) is 0 Å². The molecule has 1 fully saturated rings. The summed E-state index contributed by atoms with van der Waals surface area (Å²) in [5.74, 6) is -0.932. The van der Waals surface area contributed by atoms with Crippen molar-refractivity contribution in [3.8, 4) is 0 Å². The lowest BCUT2D eigenvalue weighted by molar-refractivity contribution is -0.130. The Kier molecular flexibility index (Phi) is 3.55. The number of benzene rings is 1. The summed E-state index contributed by atoms with van der Waals surface area (Å²) in [5, 5.41) is 17.2. The third-order valence-corrected chi connectivity index (χ3v) is 3.76. The van der Waals surface area contributed by atoms with Crippen LogP contribution in [0.15, 0.2) is 18.2 Å². The van der Waals surface area contributed by atoms with Gasteiger partial charge in [-0.2, -0.15) is 0 Å². The molecule has 1 saturated heterocycles. The molecule has 7 heteroatoms. The number of carbonyl (C=O) groups is 2. The number of hydrogen-bond donors (Lipinski definition) is 1. The van der Waals surface area contributed by atoms with Gasteiger partial charge in [0.25, 0.3) is 0 Å². The van der Waals surface area contributed by atoms with Crippen molar-refractivity contribution in [2.45, 2.75) is 25.8 Å². The van der Waals surface area contributed by atoms with Gasteiger partial charge in [-0.25, -0.2) is 9.48 Å². The second-order valence-corrected chi connectivity index (χ2v) is 5.13. The van der Waals surface area contributed by atoms with Gasteiger partial charge < -0.3 is 10.0 Å². The van der Waals surface area contributed by atoms with Gasteiger partial charge in [0.2, 0.25) is 5.91 Å². The maximum absolute atomic E-state index is 12.0. The highest BCUT2D eigenvalue weighted by atomic mass is 16.4. The molecule has 21 heavy (non-hydrogen) atoms. The first-order valence-electron chi connectivity index (χ1n) is 7.00. The third kappa shape index (κ3) is 2.58. The van der Waals surface area contributed by atoms with E-state index >= 15 is 0 Å². The normalized spacial score (nSPS) is 14.8. The van der Waals surface area contributed by atoms with E-state index in [-0.39, 0.29) is 11.5 Å². The molecule has 1 aromatic heterocycles. The van der Waals surface area contributed by atoms with E-state index in [4.69, 9.17) is 0 Å². The van der Waals surface area contributed by atoms with Gasteiger partial charge in [0, 0.05) is 19.5 Å². The number of para-hydroxylation sites is 1. The number of amides is 1. The van der Waals surface area contributed by atoms with Gasteiger partial charge >= 0.3 is 5.97 Å². The molecule has 1 N–H and O–H groups in total. The number of nitrogens with zero attached hydrogens (tertiary/aromatic N) is 4. The number of aromatic nitrogens is 3. The summed E-state index contributed by atoms with van der Waals surface area (Å²) in [7, 11) is 0. The first-order valence-corrected chi connectivity index (χ1v) is 7.00. The number of aromatic carboxylic acids is 1. The van der Waals surface area contributed by atoms with Crippen molar-refractivity contribution < 1.29 is 14.7 Å². The van der Waals surface area contributed by atoms with E-state index in [1.807, 2.05) is 4.90 Å². The number of hydrogen-bond acceptors (Lipinski definition) is 4. The molecule has 0 atom stereocenters. The molecule has 0 radical (unpaired) electrons. The predicted octanol–water partition coefficient (Wildman–Crippen LogP) is 1.14. The molecule has 110 valence electrons. The minimum Gasteiger partial charge on any atom is -0.478 e. The molecule has 0 saturated carbocycles. The average Bonchev–Trinajstić information content (AvgIpc) is 3.14. The van der Waals surface area contributed by atoms with E-state index < -0.39 is 5.97 Å². The van der Waals surface area contributed by atoms with Crippen LogP contribution >= 0.6 is 0 Å². The molecule has 1 amide bonds. The SMILES string of the molecule is O=C(O)c1cccc2nnn(CCC(=O)N3CCCC3)c12. The maximum atomic E-state index is 12.0. The van der Waals surface area contributed by atoms with E-state index in [2.05, 4.69) is 10.3 Å². The molecule has 1 aliphatic rings. The zero-order valence-corrected chi connectivity index (χ0v) is 11.5. The fourth-order valence-corrected chi connectivity index (χ4v) is 2.69. The summed E-state index contributed by atoms with van der Waals surface area (Å²) in [6.45, 7) is 1.98. The molecule has 3 rings (SSSR count). The Morgan fingerprint density at radius 1 is 1.24 bits per heavy atom. The molecule has 2 aromatic rings. The van der Waals surface area contributed by atoms with E-state index in [0.29, 0.717) is 24.0 Å². The summed E-state index contributed by atoms with van der Waals surface area (Å²) in [4.78, 5) is 25.2. The molecule has 7 nitrogen and oxygen atoms in total. The Balaban J connectivity index is 1.80. The summed E-state index contributed by atoms with van der Waals surface area (Å²) in [5.41, 5.74) is 1.16. The lowest BCUT2D eigenvalue weighted by Crippen LogP contribution is -2.28. The molecule has 1 aliphatic heterocycles. The zero-order chi connectivity index (χ0) is 14.8. The topological polar surface area (TPSA) is 88.3 Å². The Morgan fingerprint density at radius 2 is 2.00 bits per heavy atom. The van der Waals surface area contributed by atoms with E-state index in [1.165, 1.54) is 10.7 Å². The van der Waals surface area contributed by atoms with Crippen molar-refractivity contribution in [1.82, 2.24) is 19.9 Å². The highest BCUT2D eigenvalue weighted by Crippen LogP contribution is 2.17. The van der Waals surface area contributed by atoms with Crippen LogP contribution in [0.5, 0.6) is 0 Å². The lowest BCUT2D eigenvalue weighted by Gasteiger charge is -2.15. The molecule has 0 spiro atoms. The largest absolute Gasteiger partial charge is 0.478 e. The second-order valence-electron chi connectivity index (χ2n) is 5.13. The first kappa shape index (κ1) is 13.5. The molecular formula is C14H16N4O3. The summed E-state index contributed by atoms with van der Waals surface area (Å²) >= 11 is 0. The summed E-state index contributed by atoms with van der Waals surface area (Å²) in [6, 6.07) is 4.88. The number of fused-ring (bicyclic) bond motifs is 1. The highest BCUT2D eigenvalue weighted by Gasteiger charge is 2.19. The lowest BCUT2D eigenvalue weighted by atomic mass is 10.2. The standard InChI is InChI=1S/C14H16N4O3/c19-12(17-7-1-2-8-17)6-9-18-13-10(14(20)21)4-3-5-11(13)15-16-18/h3-5H,1-2,6-9H2,(H,20,21). The van der Waals surface area contributed by atoms with Crippen molar-refractivity contribution in [3.63, 3.8) is 0 Å². The molecule has 2 heterocycles. The van der Waals surface area contributed by atoms with E-state index in [1.54, 1.807) is 12.1 Å². The van der Waals surface area contributed by atoms with Crippen molar-refractivity contribution in [1.29, 1.82) is 0 Å². The van der Waals surface area contributed by atoms with Crippen molar-refractivity contribution >= 4 is 22.9 Å². The predicted molar refractivity (Wildman–Crippen MR) is 74.9 cm³/mol. The molecule has 0 bridgehead atoms. The van der Waals surface area contributed by atoms with Crippen LogP contribution in [0.2, 0.25) is 0 Å². The minimum atomic E-state index is -1.02. The molecule has 0 unspecified atom stereocenters. The van der Waals surface area contributed by atoms with Crippen molar-refractivity contribution in [2.24, 2.45) is 0 Å². The van der Waals surface area contributed by atoms with Crippen LogP contribution in [0.3, 0.4) is 0 Å². The Hall–Kier alpha value is -2.44. The minimum absolute atomic E-state index is 0.0870. The van der Waals surface area contributed by atoms with Crippen LogP contribution < -0.4 is 0 Å². The average molecular weight is 288 g/mol. The number of aryl methyl sites for hydroxylation is 1. The van der Waals surface area contributed by atoms with Crippen LogP contribution in [0.25, 0.3) is 11.0 Å². The van der Waals surface area contributed by atoms with Crippen LogP contribution in [0.1, 0.15) is 29.6 Å². The van der Waals surface area contributed by atoms with Gasteiger partial charge in [0.1, 0.15) is 11.0 Å². The van der Waals surface area contributed by atoms with Gasteiger partial charge in [0.05, 0.1) is 12.1 Å². The number of rotatable bonds is 4. The number of carbonyl (C=O) groups excluding carboxylic acids is 1. The Morgan fingerprint density at radius 3 is 2.71 bits per heavy atom. The fourth-order valence-electron chi connectivity index (χ4n) is 2.69. The van der Waals surface area contributed by atoms with E-state index in [0.717, 1.165) is 25.9 Å². The maximum Gasteiger partial charge on any atom is 0.337 e. The van der Waals surface area contributed by atoms with Gasteiger partial charge in [-0.15, -0.1) is 5.10 Å². The Bertz CT molecular complexity index is 689. The molecule has 1 aromatic carbocycles. The van der Waals surface area contributed by atoms with E-state index in [9.17, 15) is 14.7 Å². The van der Waals surface area contributed by atoms with Crippen molar-refractivity contribution in [3.05, 3.63) is 23.8 Å². The van der Waals surface area contributed by atoms with Gasteiger partial charge in [-0.1, -0.05) is 11.3 Å². The van der Waals surface area contributed by atoms with Crippen molar-refractivity contribution in [2.75, 3.05) is 13.1 Å². The van der Waals surface area contributed by atoms with Gasteiger partial charge in [-0.3, -0.25) is 4.79 Å². The third-order valence-electron chi connectivity index (χ3n) is 3.76. The smallest absolute Gasteiger partial charge is 0.337 e. The summed E-state index contributed by atoms with van der Waals surface area (Å²) in [6.07, 6.45) is 2.43. The van der Waals surface area contributed by atoms with Gasteiger partial charge in [0.15, 0.2) is 0 Å². The van der Waals surface area contributed by atoms with Crippen LogP contribution in [-0.2, 0) is 11.3 Å². The fraction of sp³-hybridized carbons (Fsp3) is 0.429. The first-order chi connectivity index (χ1) is 10.2. The monoisotopic (exact) mass is 288 g/mol. The summed E-state index contributed by atoms with van der Waals surface area (Å²) < 4.78 is 1.51. The Labute approximate surface area is 121 Å². The van der Waals surface area contributed by atoms with Crippen LogP contribution in [0.4, 0.5) is 0 Å². The number of carboxylic acid groups (broad SMARTS) is 1. The quantitative estimate of drug-likeness (QED) is 0.911. The number of carboxylic acids is 1. The van der Waals surface area contributed by atoms with Crippen LogP contribution in [-0.4, -0.2) is 50.0 Å². The second kappa shape index (κ2) is 5.51. The number of likely N-dealkylation sites (tertiary alicyclic amines) is 1.